The van der Waals surface area contributed by atoms with Crippen molar-refractivity contribution < 1.29 is 18.8 Å². The molecule has 0 radical (unpaired) electrons. The Bertz CT molecular complexity index is 867. The molecule has 3 rings (SSSR count). The smallest absolute Gasteiger partial charge is 0.313 e. The lowest BCUT2D eigenvalue weighted by Gasteiger charge is -2.37. The van der Waals surface area contributed by atoms with Gasteiger partial charge in [-0.2, -0.15) is 0 Å². The predicted octanol–water partition coefficient (Wildman–Crippen LogP) is 1.21. The van der Waals surface area contributed by atoms with Crippen molar-refractivity contribution in [2.24, 2.45) is 0 Å². The molecule has 2 aromatic rings. The van der Waals surface area contributed by atoms with E-state index >= 15 is 0 Å². The van der Waals surface area contributed by atoms with E-state index in [0.717, 1.165) is 12.8 Å². The van der Waals surface area contributed by atoms with Gasteiger partial charge in [0.1, 0.15) is 6.04 Å². The van der Waals surface area contributed by atoms with Crippen LogP contribution in [0.25, 0.3) is 0 Å². The van der Waals surface area contributed by atoms with Crippen LogP contribution in [0, 0.1) is 6.92 Å². The summed E-state index contributed by atoms with van der Waals surface area (Å²) in [6.07, 6.45) is 1.77. The highest BCUT2D eigenvalue weighted by molar-refractivity contribution is 6.35. The Balaban J connectivity index is 1.78. The largest absolute Gasteiger partial charge is 0.424 e. The Kier molecular flexibility index (Phi) is 6.58. The molecule has 0 saturated carbocycles. The van der Waals surface area contributed by atoms with Gasteiger partial charge in [-0.3, -0.25) is 14.4 Å². The maximum Gasteiger partial charge on any atom is 0.313 e. The zero-order valence-corrected chi connectivity index (χ0v) is 16.6. The number of carbonyl (C=O) groups is 3. The fourth-order valence-corrected chi connectivity index (χ4v) is 3.27. The second-order valence-electron chi connectivity index (χ2n) is 6.89. The third-order valence-electron chi connectivity index (χ3n) is 4.78. The number of carbonyl (C=O) groups excluding carboxylic acids is 3. The summed E-state index contributed by atoms with van der Waals surface area (Å²) in [4.78, 5) is 41.3. The number of hydrogen-bond donors (Lipinski definition) is 1. The highest BCUT2D eigenvalue weighted by Gasteiger charge is 2.39. The Labute approximate surface area is 169 Å². The summed E-state index contributed by atoms with van der Waals surface area (Å²) in [5.74, 6) is -0.960. The molecule has 0 bridgehead atoms. The predicted molar refractivity (Wildman–Crippen MR) is 103 cm³/mol. The zero-order valence-electron chi connectivity index (χ0n) is 16.6. The molecule has 29 heavy (non-hydrogen) atoms. The topological polar surface area (TPSA) is 109 Å². The van der Waals surface area contributed by atoms with Crippen LogP contribution in [0.5, 0.6) is 0 Å². The second kappa shape index (κ2) is 9.31. The number of hydrogen-bond acceptors (Lipinski definition) is 6. The molecule has 0 spiro atoms. The van der Waals surface area contributed by atoms with Crippen LogP contribution in [-0.4, -0.2) is 57.4 Å². The number of nitrogens with zero attached hydrogens (tertiary/aromatic N) is 4. The first-order valence-electron chi connectivity index (χ1n) is 9.72. The van der Waals surface area contributed by atoms with Gasteiger partial charge in [0.25, 0.3) is 0 Å². The standard InChI is InChI=1S/C20H25N5O4/c1-3-4-10-24-11-12-25(20(28)19(24)27)17(15-8-6-5-7-9-15)18(26)21-13-16-23-22-14(2)29-16/h5-9,17H,3-4,10-13H2,1-2H3,(H,21,26)/t17-/m0/s1. The first kappa shape index (κ1) is 20.5. The normalized spacial score (nSPS) is 15.5. The van der Waals surface area contributed by atoms with Crippen LogP contribution in [0.3, 0.4) is 0 Å². The molecule has 9 heteroatoms. The molecule has 3 amide bonds. The molecule has 1 N–H and O–H groups in total. The zero-order chi connectivity index (χ0) is 20.8. The molecule has 0 aliphatic carbocycles. The summed E-state index contributed by atoms with van der Waals surface area (Å²) < 4.78 is 5.28. The third-order valence-corrected chi connectivity index (χ3v) is 4.78. The average molecular weight is 399 g/mol. The molecular weight excluding hydrogens is 374 g/mol. The maximum atomic E-state index is 13.0. The van der Waals surface area contributed by atoms with Gasteiger partial charge in [-0.15, -0.1) is 10.2 Å². The fraction of sp³-hybridized carbons (Fsp3) is 0.450. The molecular formula is C20H25N5O4. The molecule has 1 aromatic heterocycles. The van der Waals surface area contributed by atoms with Crippen LogP contribution >= 0.6 is 0 Å². The van der Waals surface area contributed by atoms with Gasteiger partial charge in [0, 0.05) is 26.6 Å². The van der Waals surface area contributed by atoms with Crippen molar-refractivity contribution in [1.82, 2.24) is 25.3 Å². The van der Waals surface area contributed by atoms with E-state index in [4.69, 9.17) is 4.42 Å². The Morgan fingerprint density at radius 1 is 1.17 bits per heavy atom. The van der Waals surface area contributed by atoms with Gasteiger partial charge in [0.2, 0.25) is 17.7 Å². The van der Waals surface area contributed by atoms with Gasteiger partial charge < -0.3 is 19.5 Å². The summed E-state index contributed by atoms with van der Waals surface area (Å²) in [7, 11) is 0. The highest BCUT2D eigenvalue weighted by Crippen LogP contribution is 2.24. The van der Waals surface area contributed by atoms with Crippen molar-refractivity contribution >= 4 is 17.7 Å². The van der Waals surface area contributed by atoms with E-state index in [0.29, 0.717) is 31.1 Å². The van der Waals surface area contributed by atoms with E-state index in [9.17, 15) is 14.4 Å². The molecule has 154 valence electrons. The number of benzene rings is 1. The van der Waals surface area contributed by atoms with Crippen LogP contribution in [0.15, 0.2) is 34.7 Å². The molecule has 0 unspecified atom stereocenters. The van der Waals surface area contributed by atoms with Gasteiger partial charge in [-0.05, 0) is 12.0 Å². The minimum atomic E-state index is -0.912. The van der Waals surface area contributed by atoms with Crippen molar-refractivity contribution in [3.63, 3.8) is 0 Å². The first-order chi connectivity index (χ1) is 14.0. The number of rotatable bonds is 8. The minimum absolute atomic E-state index is 0.0433. The van der Waals surface area contributed by atoms with Crippen molar-refractivity contribution in [2.45, 2.75) is 39.3 Å². The van der Waals surface area contributed by atoms with Crippen LogP contribution in [0.4, 0.5) is 0 Å². The van der Waals surface area contributed by atoms with E-state index in [1.54, 1.807) is 36.1 Å². The number of unbranched alkanes of at least 4 members (excludes halogenated alkanes) is 1. The Morgan fingerprint density at radius 3 is 2.59 bits per heavy atom. The van der Waals surface area contributed by atoms with Crippen LogP contribution in [-0.2, 0) is 20.9 Å². The van der Waals surface area contributed by atoms with Gasteiger partial charge in [0.05, 0.1) is 6.54 Å². The number of aryl methyl sites for hydroxylation is 1. The van der Waals surface area contributed by atoms with Crippen LogP contribution in [0.2, 0.25) is 0 Å². The van der Waals surface area contributed by atoms with Crippen LogP contribution in [0.1, 0.15) is 43.2 Å². The van der Waals surface area contributed by atoms with E-state index < -0.39 is 23.8 Å². The van der Waals surface area contributed by atoms with E-state index in [1.165, 1.54) is 4.90 Å². The lowest BCUT2D eigenvalue weighted by atomic mass is 10.0. The fourth-order valence-electron chi connectivity index (χ4n) is 3.27. The maximum absolute atomic E-state index is 13.0. The van der Waals surface area contributed by atoms with Crippen molar-refractivity contribution in [3.05, 3.63) is 47.7 Å². The summed E-state index contributed by atoms with van der Waals surface area (Å²) in [5, 5.41) is 10.3. The van der Waals surface area contributed by atoms with Gasteiger partial charge in [0.15, 0.2) is 0 Å². The first-order valence-corrected chi connectivity index (χ1v) is 9.72. The van der Waals surface area contributed by atoms with E-state index in [-0.39, 0.29) is 12.4 Å². The Morgan fingerprint density at radius 2 is 1.93 bits per heavy atom. The van der Waals surface area contributed by atoms with Crippen LogP contribution < -0.4 is 5.32 Å². The molecule has 2 heterocycles. The SMILES string of the molecule is CCCCN1CCN([C@H](C(=O)NCc2nnc(C)o2)c2ccccc2)C(=O)C1=O. The van der Waals surface area contributed by atoms with Crippen molar-refractivity contribution in [3.8, 4) is 0 Å². The van der Waals surface area contributed by atoms with Gasteiger partial charge in [-0.25, -0.2) is 0 Å². The molecule has 9 nitrogen and oxygen atoms in total. The average Bonchev–Trinajstić information content (AvgIpc) is 3.15. The van der Waals surface area contributed by atoms with E-state index in [2.05, 4.69) is 15.5 Å². The summed E-state index contributed by atoms with van der Waals surface area (Å²) in [6, 6.07) is 8.03. The molecule has 1 atom stereocenters. The highest BCUT2D eigenvalue weighted by atomic mass is 16.4. The number of nitrogens with one attached hydrogen (secondary N) is 1. The Hall–Kier alpha value is -3.23. The number of piperazine rings is 1. The second-order valence-corrected chi connectivity index (χ2v) is 6.89. The molecule has 1 aromatic carbocycles. The van der Waals surface area contributed by atoms with E-state index in [1.807, 2.05) is 13.0 Å². The third kappa shape index (κ3) is 4.79. The van der Waals surface area contributed by atoms with Crippen molar-refractivity contribution in [1.29, 1.82) is 0 Å². The summed E-state index contributed by atoms with van der Waals surface area (Å²) >= 11 is 0. The van der Waals surface area contributed by atoms with Gasteiger partial charge >= 0.3 is 11.8 Å². The van der Waals surface area contributed by atoms with Crippen molar-refractivity contribution in [2.75, 3.05) is 19.6 Å². The minimum Gasteiger partial charge on any atom is -0.424 e. The summed E-state index contributed by atoms with van der Waals surface area (Å²) in [6.45, 7) is 4.98. The number of aromatic nitrogens is 2. The monoisotopic (exact) mass is 399 g/mol. The lowest BCUT2D eigenvalue weighted by Crippen LogP contribution is -2.57. The van der Waals surface area contributed by atoms with Gasteiger partial charge in [-0.1, -0.05) is 43.7 Å². The molecule has 1 saturated heterocycles. The summed E-state index contributed by atoms with van der Waals surface area (Å²) in [5.41, 5.74) is 0.634. The molecule has 1 aliphatic heterocycles. The molecule has 1 fully saturated rings. The lowest BCUT2D eigenvalue weighted by molar-refractivity contribution is -0.159. The quantitative estimate of drug-likeness (QED) is 0.669. The number of amides is 3. The molecule has 1 aliphatic rings.